The lowest BCUT2D eigenvalue weighted by molar-refractivity contribution is 0.0666. The fraction of sp³-hybridized carbons (Fsp3) is 0.800. The Hall–Kier alpha value is -0.340. The largest absolute Gasteiger partial charge is 0.389 e. The highest BCUT2D eigenvalue weighted by atomic mass is 16.5. The van der Waals surface area contributed by atoms with Gasteiger partial charge in [0.15, 0.2) is 0 Å². The first-order chi connectivity index (χ1) is 5.86. The Kier molecular flexibility index (Phi) is 2.47. The van der Waals surface area contributed by atoms with Crippen LogP contribution >= 0.6 is 0 Å². The molecule has 0 aromatic rings. The van der Waals surface area contributed by atoms with Gasteiger partial charge in [-0.05, 0) is 25.7 Å². The predicted molar refractivity (Wildman–Crippen MR) is 46.9 cm³/mol. The van der Waals surface area contributed by atoms with E-state index in [0.29, 0.717) is 5.92 Å². The summed E-state index contributed by atoms with van der Waals surface area (Å²) in [7, 11) is 0. The molecule has 12 heavy (non-hydrogen) atoms. The fourth-order valence-corrected chi connectivity index (χ4v) is 2.10. The van der Waals surface area contributed by atoms with E-state index in [-0.39, 0.29) is 6.10 Å². The third kappa shape index (κ3) is 1.70. The van der Waals surface area contributed by atoms with Crippen LogP contribution in [0.1, 0.15) is 25.7 Å². The first kappa shape index (κ1) is 8.27. The molecule has 2 rings (SSSR count). The van der Waals surface area contributed by atoms with Gasteiger partial charge in [-0.1, -0.05) is 11.6 Å². The highest BCUT2D eigenvalue weighted by Gasteiger charge is 2.22. The third-order valence-electron chi connectivity index (χ3n) is 2.82. The van der Waals surface area contributed by atoms with Crippen LogP contribution in [0.3, 0.4) is 0 Å². The monoisotopic (exact) mass is 168 g/mol. The molecule has 1 N–H and O–H groups in total. The number of hydrogen-bond donors (Lipinski definition) is 1. The van der Waals surface area contributed by atoms with Crippen LogP contribution in [0.15, 0.2) is 11.6 Å². The average molecular weight is 168 g/mol. The molecule has 1 saturated heterocycles. The Morgan fingerprint density at radius 1 is 1.42 bits per heavy atom. The van der Waals surface area contributed by atoms with E-state index in [9.17, 15) is 5.11 Å². The molecule has 0 amide bonds. The van der Waals surface area contributed by atoms with Gasteiger partial charge in [-0.25, -0.2) is 0 Å². The van der Waals surface area contributed by atoms with Gasteiger partial charge in [-0.15, -0.1) is 0 Å². The van der Waals surface area contributed by atoms with Crippen molar-refractivity contribution in [3.63, 3.8) is 0 Å². The number of rotatable bonds is 1. The topological polar surface area (TPSA) is 29.5 Å². The Balaban J connectivity index is 1.94. The molecule has 2 unspecified atom stereocenters. The van der Waals surface area contributed by atoms with Gasteiger partial charge in [0.2, 0.25) is 0 Å². The Morgan fingerprint density at radius 3 is 2.92 bits per heavy atom. The van der Waals surface area contributed by atoms with Crippen molar-refractivity contribution in [2.75, 3.05) is 13.2 Å². The zero-order valence-corrected chi connectivity index (χ0v) is 7.33. The molecule has 68 valence electrons. The number of ether oxygens (including phenoxy) is 1. The molecule has 0 bridgehead atoms. The zero-order valence-electron chi connectivity index (χ0n) is 7.33. The molecule has 0 saturated carbocycles. The first-order valence-corrected chi connectivity index (χ1v) is 4.82. The molecule has 0 spiro atoms. The van der Waals surface area contributed by atoms with Gasteiger partial charge in [0.25, 0.3) is 0 Å². The maximum Gasteiger partial charge on any atom is 0.0726 e. The molecular weight excluding hydrogens is 152 g/mol. The van der Waals surface area contributed by atoms with Crippen LogP contribution in [0.5, 0.6) is 0 Å². The van der Waals surface area contributed by atoms with E-state index in [4.69, 9.17) is 4.74 Å². The van der Waals surface area contributed by atoms with Crippen LogP contribution in [-0.2, 0) is 4.74 Å². The minimum Gasteiger partial charge on any atom is -0.389 e. The third-order valence-corrected chi connectivity index (χ3v) is 2.82. The van der Waals surface area contributed by atoms with E-state index in [1.807, 2.05) is 6.08 Å². The van der Waals surface area contributed by atoms with E-state index in [2.05, 4.69) is 0 Å². The molecule has 0 aromatic carbocycles. The summed E-state index contributed by atoms with van der Waals surface area (Å²) in [6, 6.07) is 0. The summed E-state index contributed by atoms with van der Waals surface area (Å²) >= 11 is 0. The highest BCUT2D eigenvalue weighted by molar-refractivity contribution is 5.15. The molecule has 0 radical (unpaired) electrons. The Bertz CT molecular complexity index is 180. The molecule has 1 aliphatic carbocycles. The molecule has 1 fully saturated rings. The second-order valence-electron chi connectivity index (χ2n) is 3.76. The van der Waals surface area contributed by atoms with Crippen LogP contribution in [0.4, 0.5) is 0 Å². The van der Waals surface area contributed by atoms with Gasteiger partial charge in [0.05, 0.1) is 12.7 Å². The van der Waals surface area contributed by atoms with Crippen LogP contribution in [-0.4, -0.2) is 24.4 Å². The maximum absolute atomic E-state index is 9.31. The molecule has 2 atom stereocenters. The van der Waals surface area contributed by atoms with E-state index in [0.717, 1.165) is 26.1 Å². The molecule has 1 heterocycles. The van der Waals surface area contributed by atoms with Gasteiger partial charge in [-0.2, -0.15) is 0 Å². The number of aliphatic hydroxyl groups excluding tert-OH is 1. The van der Waals surface area contributed by atoms with Crippen molar-refractivity contribution in [1.29, 1.82) is 0 Å². The molecule has 2 heteroatoms. The highest BCUT2D eigenvalue weighted by Crippen LogP contribution is 2.30. The smallest absolute Gasteiger partial charge is 0.0726 e. The lowest BCUT2D eigenvalue weighted by Gasteiger charge is -2.23. The summed E-state index contributed by atoms with van der Waals surface area (Å²) in [6.07, 6.45) is 6.28. The lowest BCUT2D eigenvalue weighted by atomic mass is 9.93. The zero-order chi connectivity index (χ0) is 8.39. The van der Waals surface area contributed by atoms with E-state index in [1.54, 1.807) is 0 Å². The SMILES string of the molecule is OC1C=C(C2CCCOC2)CC1. The number of aliphatic hydroxyl groups is 1. The Morgan fingerprint density at radius 2 is 2.33 bits per heavy atom. The standard InChI is InChI=1S/C10H16O2/c11-10-4-3-8(6-10)9-2-1-5-12-7-9/h6,9-11H,1-5,7H2. The van der Waals surface area contributed by atoms with E-state index < -0.39 is 0 Å². The molecule has 0 aromatic heterocycles. The second-order valence-corrected chi connectivity index (χ2v) is 3.76. The lowest BCUT2D eigenvalue weighted by Crippen LogP contribution is -2.18. The van der Waals surface area contributed by atoms with Crippen molar-refractivity contribution < 1.29 is 9.84 Å². The van der Waals surface area contributed by atoms with Crippen molar-refractivity contribution in [3.8, 4) is 0 Å². The van der Waals surface area contributed by atoms with Crippen LogP contribution in [0, 0.1) is 5.92 Å². The quantitative estimate of drug-likeness (QED) is 0.601. The van der Waals surface area contributed by atoms with E-state index >= 15 is 0 Å². The molecule has 2 nitrogen and oxygen atoms in total. The Labute approximate surface area is 73.2 Å². The first-order valence-electron chi connectivity index (χ1n) is 4.82. The summed E-state index contributed by atoms with van der Waals surface area (Å²) in [6.45, 7) is 1.80. The predicted octanol–water partition coefficient (Wildman–Crippen LogP) is 1.49. The van der Waals surface area contributed by atoms with E-state index in [1.165, 1.54) is 18.4 Å². The van der Waals surface area contributed by atoms with Gasteiger partial charge >= 0.3 is 0 Å². The van der Waals surface area contributed by atoms with Crippen molar-refractivity contribution in [1.82, 2.24) is 0 Å². The summed E-state index contributed by atoms with van der Waals surface area (Å²) in [5, 5.41) is 9.31. The summed E-state index contributed by atoms with van der Waals surface area (Å²) in [5.74, 6) is 0.607. The minimum absolute atomic E-state index is 0.179. The maximum atomic E-state index is 9.31. The summed E-state index contributed by atoms with van der Waals surface area (Å²) < 4.78 is 5.41. The summed E-state index contributed by atoms with van der Waals surface area (Å²) in [4.78, 5) is 0. The minimum atomic E-state index is -0.179. The van der Waals surface area contributed by atoms with Crippen LogP contribution in [0.25, 0.3) is 0 Å². The van der Waals surface area contributed by atoms with Crippen LogP contribution in [0.2, 0.25) is 0 Å². The van der Waals surface area contributed by atoms with Gasteiger partial charge in [-0.3, -0.25) is 0 Å². The van der Waals surface area contributed by atoms with Crippen molar-refractivity contribution >= 4 is 0 Å². The average Bonchev–Trinajstić information content (AvgIpc) is 2.54. The van der Waals surface area contributed by atoms with Crippen molar-refractivity contribution in [3.05, 3.63) is 11.6 Å². The summed E-state index contributed by atoms with van der Waals surface area (Å²) in [5.41, 5.74) is 1.43. The van der Waals surface area contributed by atoms with Gasteiger partial charge in [0, 0.05) is 12.5 Å². The molecular formula is C10H16O2. The fourth-order valence-electron chi connectivity index (χ4n) is 2.10. The molecule has 1 aliphatic heterocycles. The number of hydrogen-bond acceptors (Lipinski definition) is 2. The van der Waals surface area contributed by atoms with Crippen molar-refractivity contribution in [2.24, 2.45) is 5.92 Å². The van der Waals surface area contributed by atoms with Crippen LogP contribution < -0.4 is 0 Å². The second kappa shape index (κ2) is 3.58. The molecule has 2 aliphatic rings. The van der Waals surface area contributed by atoms with Gasteiger partial charge < -0.3 is 9.84 Å². The normalized spacial score (nSPS) is 36.6. The van der Waals surface area contributed by atoms with Gasteiger partial charge in [0.1, 0.15) is 0 Å². The van der Waals surface area contributed by atoms with Crippen molar-refractivity contribution in [2.45, 2.75) is 31.8 Å².